The van der Waals surface area contributed by atoms with E-state index in [0.717, 1.165) is 54.1 Å². The summed E-state index contributed by atoms with van der Waals surface area (Å²) in [7, 11) is -3.97. The Kier molecular flexibility index (Phi) is 6.53. The van der Waals surface area contributed by atoms with Crippen molar-refractivity contribution in [2.45, 2.75) is 82.2 Å². The molecule has 0 radical (unpaired) electrons. The van der Waals surface area contributed by atoms with E-state index >= 15 is 0 Å². The Balaban J connectivity index is 1.84. The Morgan fingerprint density at radius 1 is 0.886 bits per heavy atom. The third kappa shape index (κ3) is 4.84. The molecule has 1 unspecified atom stereocenters. The predicted molar refractivity (Wildman–Crippen MR) is 126 cm³/mol. The zero-order chi connectivity index (χ0) is 25.8. The lowest BCUT2D eigenvalue weighted by molar-refractivity contribution is -0.140. The van der Waals surface area contributed by atoms with Crippen LogP contribution >= 0.6 is 0 Å². The first-order chi connectivity index (χ1) is 16.2. The summed E-state index contributed by atoms with van der Waals surface area (Å²) in [5.74, 6) is -1.77. The molecule has 2 aliphatic rings. The number of halogens is 4. The maximum absolute atomic E-state index is 13.9. The number of nitrogens with zero attached hydrogens (tertiary/aromatic N) is 1. The third-order valence-electron chi connectivity index (χ3n) is 6.89. The van der Waals surface area contributed by atoms with Gasteiger partial charge in [-0.2, -0.15) is 13.2 Å². The molecule has 0 bridgehead atoms. The molecule has 9 heteroatoms. The lowest BCUT2D eigenvalue weighted by Crippen LogP contribution is -2.45. The average molecular weight is 512 g/mol. The zero-order valence-corrected chi connectivity index (χ0v) is 20.8. The smallest absolute Gasteiger partial charge is 0.274 e. The number of hydrogen-bond acceptors (Lipinski definition) is 3. The summed E-state index contributed by atoms with van der Waals surface area (Å²) in [5, 5.41) is -1.04. The minimum atomic E-state index is -4.83. The van der Waals surface area contributed by atoms with Gasteiger partial charge in [0.1, 0.15) is 11.1 Å². The molecular formula is C26H29F4NO3S. The molecule has 1 heterocycles. The molecule has 35 heavy (non-hydrogen) atoms. The van der Waals surface area contributed by atoms with Gasteiger partial charge < -0.3 is 0 Å². The van der Waals surface area contributed by atoms with E-state index < -0.39 is 44.3 Å². The Labute approximate surface area is 203 Å². The number of sulfonamides is 1. The largest absolute Gasteiger partial charge is 0.419 e. The predicted octanol–water partition coefficient (Wildman–Crippen LogP) is 6.96. The summed E-state index contributed by atoms with van der Waals surface area (Å²) >= 11 is 0. The molecule has 0 aromatic heterocycles. The number of carbonyl (C=O) groups excluding carboxylic acids is 1. The second-order valence-corrected chi connectivity index (χ2v) is 12.4. The number of rotatable bonds is 3. The normalized spacial score (nSPS) is 21.5. The number of alkyl halides is 3. The van der Waals surface area contributed by atoms with Crippen molar-refractivity contribution < 1.29 is 30.8 Å². The molecule has 1 amide bonds. The molecule has 1 atom stereocenters. The molecule has 1 saturated heterocycles. The van der Waals surface area contributed by atoms with Gasteiger partial charge in [-0.15, -0.1) is 0 Å². The van der Waals surface area contributed by atoms with Crippen LogP contribution in [0.2, 0.25) is 0 Å². The molecule has 1 aliphatic heterocycles. The maximum atomic E-state index is 13.9. The van der Waals surface area contributed by atoms with Gasteiger partial charge in [0.15, 0.2) is 0 Å². The summed E-state index contributed by atoms with van der Waals surface area (Å²) in [6.45, 7) is 5.01. The van der Waals surface area contributed by atoms with E-state index in [1.807, 2.05) is 0 Å². The van der Waals surface area contributed by atoms with Gasteiger partial charge in [-0.05, 0) is 73.9 Å². The second-order valence-electron chi connectivity index (χ2n) is 10.4. The van der Waals surface area contributed by atoms with E-state index in [1.165, 1.54) is 6.07 Å². The molecule has 0 N–H and O–H groups in total. The molecular weight excluding hydrogens is 482 g/mol. The van der Waals surface area contributed by atoms with Crippen LogP contribution in [0.15, 0.2) is 36.4 Å². The zero-order valence-electron chi connectivity index (χ0n) is 20.0. The van der Waals surface area contributed by atoms with Crippen molar-refractivity contribution in [3.8, 4) is 11.1 Å². The summed E-state index contributed by atoms with van der Waals surface area (Å²) in [6, 6.07) is 7.80. The van der Waals surface area contributed by atoms with Crippen LogP contribution in [0.25, 0.3) is 11.1 Å². The van der Waals surface area contributed by atoms with Crippen LogP contribution in [0, 0.1) is 5.82 Å². The van der Waals surface area contributed by atoms with Crippen molar-refractivity contribution in [3.05, 3.63) is 58.9 Å². The van der Waals surface area contributed by atoms with Gasteiger partial charge in [-0.1, -0.05) is 43.5 Å². The Morgan fingerprint density at radius 3 is 2.06 bits per heavy atom. The first-order valence-corrected chi connectivity index (χ1v) is 13.3. The van der Waals surface area contributed by atoms with Crippen LogP contribution in [0.5, 0.6) is 0 Å². The monoisotopic (exact) mass is 511 g/mol. The highest BCUT2D eigenvalue weighted by Crippen LogP contribution is 2.46. The average Bonchev–Trinajstić information content (AvgIpc) is 3.01. The first-order valence-electron chi connectivity index (χ1n) is 11.8. The summed E-state index contributed by atoms with van der Waals surface area (Å²) in [5.41, 5.74) is -0.324. The highest BCUT2D eigenvalue weighted by atomic mass is 32.2. The lowest BCUT2D eigenvalue weighted by Gasteiger charge is -2.31. The topological polar surface area (TPSA) is 54.5 Å². The molecule has 1 saturated carbocycles. The van der Waals surface area contributed by atoms with Crippen molar-refractivity contribution in [1.29, 1.82) is 0 Å². The van der Waals surface area contributed by atoms with Crippen LogP contribution in [0.4, 0.5) is 17.6 Å². The molecule has 2 aromatic rings. The first kappa shape index (κ1) is 25.7. The van der Waals surface area contributed by atoms with Crippen molar-refractivity contribution in [3.63, 3.8) is 0 Å². The Morgan fingerprint density at radius 2 is 1.49 bits per heavy atom. The molecule has 190 valence electrons. The summed E-state index contributed by atoms with van der Waals surface area (Å²) in [4.78, 5) is 12.8. The second kappa shape index (κ2) is 8.91. The number of hydrogen-bond donors (Lipinski definition) is 0. The number of benzene rings is 2. The summed E-state index contributed by atoms with van der Waals surface area (Å²) in [6.07, 6.45) is -0.347. The van der Waals surface area contributed by atoms with Gasteiger partial charge in [0, 0.05) is 0 Å². The van der Waals surface area contributed by atoms with Crippen LogP contribution in [0.3, 0.4) is 0 Å². The fraction of sp³-hybridized carbons (Fsp3) is 0.500. The van der Waals surface area contributed by atoms with Gasteiger partial charge in [0.2, 0.25) is 15.9 Å². The minimum Gasteiger partial charge on any atom is -0.274 e. The number of amides is 1. The van der Waals surface area contributed by atoms with Gasteiger partial charge in [-0.25, -0.2) is 17.1 Å². The van der Waals surface area contributed by atoms with E-state index in [-0.39, 0.29) is 17.9 Å². The Hall–Kier alpha value is -2.42. The highest BCUT2D eigenvalue weighted by Gasteiger charge is 2.50. The molecule has 4 nitrogen and oxygen atoms in total. The molecule has 1 aliphatic carbocycles. The van der Waals surface area contributed by atoms with Crippen LogP contribution in [0.1, 0.15) is 87.2 Å². The molecule has 0 spiro atoms. The van der Waals surface area contributed by atoms with Crippen molar-refractivity contribution in [1.82, 2.24) is 4.31 Å². The Bertz CT molecular complexity index is 1240. The molecule has 2 fully saturated rings. The van der Waals surface area contributed by atoms with E-state index in [1.54, 1.807) is 39.0 Å². The lowest BCUT2D eigenvalue weighted by atomic mass is 9.80. The van der Waals surface area contributed by atoms with Gasteiger partial charge in [0.25, 0.3) is 0 Å². The van der Waals surface area contributed by atoms with Crippen LogP contribution in [-0.2, 0) is 21.0 Å². The van der Waals surface area contributed by atoms with Crippen LogP contribution in [-0.4, -0.2) is 24.2 Å². The molecule has 2 aromatic carbocycles. The van der Waals surface area contributed by atoms with Gasteiger partial charge >= 0.3 is 6.18 Å². The quantitative estimate of drug-likeness (QED) is 0.419. The van der Waals surface area contributed by atoms with Crippen molar-refractivity contribution in [2.75, 3.05) is 0 Å². The minimum absolute atomic E-state index is 0.0372. The van der Waals surface area contributed by atoms with Gasteiger partial charge in [0.05, 0.1) is 17.5 Å². The van der Waals surface area contributed by atoms with Crippen LogP contribution < -0.4 is 0 Å². The SMILES string of the molecule is CC(C)(C)N1C(=O)CC(c2ccc(-c3ccc(F)c(C(F)(F)F)c3)cc2C2CCCCC2)S1(=O)=O. The van der Waals surface area contributed by atoms with E-state index in [4.69, 9.17) is 0 Å². The highest BCUT2D eigenvalue weighted by molar-refractivity contribution is 7.90. The fourth-order valence-corrected chi connectivity index (χ4v) is 7.64. The maximum Gasteiger partial charge on any atom is 0.419 e. The van der Waals surface area contributed by atoms with Crippen molar-refractivity contribution >= 4 is 15.9 Å². The van der Waals surface area contributed by atoms with E-state index in [0.29, 0.717) is 11.1 Å². The number of carbonyl (C=O) groups is 1. The van der Waals surface area contributed by atoms with E-state index in [9.17, 15) is 30.8 Å². The summed E-state index contributed by atoms with van der Waals surface area (Å²) < 4.78 is 81.6. The van der Waals surface area contributed by atoms with Gasteiger partial charge in [-0.3, -0.25) is 4.79 Å². The van der Waals surface area contributed by atoms with Crippen molar-refractivity contribution in [2.24, 2.45) is 0 Å². The van der Waals surface area contributed by atoms with E-state index in [2.05, 4.69) is 0 Å². The third-order valence-corrected chi connectivity index (χ3v) is 9.29. The molecule has 4 rings (SSSR count). The standard InChI is InChI=1S/C26H29F4NO3S/c1-25(2,3)31-24(32)15-23(35(31,33)34)19-11-9-17(13-20(19)16-7-5-4-6-8-16)18-10-12-22(27)21(14-18)26(28,29)30/h9-14,16,23H,4-8,15H2,1-3H3. The fourth-order valence-electron chi connectivity index (χ4n) is 5.38.